The van der Waals surface area contributed by atoms with E-state index in [1.54, 1.807) is 42.7 Å². The SMILES string of the molecule is CC(=O)C(C(=O)Nc1ccccc1)C(=O)SN(C)C. The van der Waals surface area contributed by atoms with Gasteiger partial charge < -0.3 is 5.32 Å². The van der Waals surface area contributed by atoms with E-state index in [1.807, 2.05) is 6.07 Å². The number of carbonyl (C=O) groups is 3. The van der Waals surface area contributed by atoms with Crippen LogP contribution >= 0.6 is 11.9 Å². The van der Waals surface area contributed by atoms with E-state index in [-0.39, 0.29) is 0 Å². The summed E-state index contributed by atoms with van der Waals surface area (Å²) < 4.78 is 1.55. The van der Waals surface area contributed by atoms with E-state index in [0.717, 1.165) is 11.9 Å². The Morgan fingerprint density at radius 3 is 2.21 bits per heavy atom. The number of amides is 1. The Morgan fingerprint density at radius 1 is 1.16 bits per heavy atom. The summed E-state index contributed by atoms with van der Waals surface area (Å²) in [7, 11) is 3.35. The highest BCUT2D eigenvalue weighted by Crippen LogP contribution is 2.17. The fourth-order valence-electron chi connectivity index (χ4n) is 1.43. The number of benzene rings is 1. The Kier molecular flexibility index (Phi) is 5.72. The first-order valence-corrected chi connectivity index (χ1v) is 6.44. The smallest absolute Gasteiger partial charge is 0.243 e. The van der Waals surface area contributed by atoms with Crippen molar-refractivity contribution in [2.45, 2.75) is 6.92 Å². The van der Waals surface area contributed by atoms with Crippen LogP contribution in [0.1, 0.15) is 6.92 Å². The van der Waals surface area contributed by atoms with Gasteiger partial charge in [0.2, 0.25) is 11.0 Å². The molecule has 0 saturated carbocycles. The van der Waals surface area contributed by atoms with E-state index in [0.29, 0.717) is 5.69 Å². The molecule has 1 N–H and O–H groups in total. The van der Waals surface area contributed by atoms with E-state index in [9.17, 15) is 14.4 Å². The minimum atomic E-state index is -1.28. The van der Waals surface area contributed by atoms with Crippen LogP contribution in [0.2, 0.25) is 0 Å². The van der Waals surface area contributed by atoms with Crippen LogP contribution in [0, 0.1) is 5.92 Å². The van der Waals surface area contributed by atoms with Crippen molar-refractivity contribution < 1.29 is 14.4 Å². The molecule has 1 amide bonds. The average Bonchev–Trinajstić information content (AvgIpc) is 2.28. The highest BCUT2D eigenvalue weighted by atomic mass is 32.2. The normalized spacial score (nSPS) is 12.0. The largest absolute Gasteiger partial charge is 0.325 e. The topological polar surface area (TPSA) is 66.5 Å². The van der Waals surface area contributed by atoms with Crippen LogP contribution in [0.15, 0.2) is 30.3 Å². The van der Waals surface area contributed by atoms with E-state index < -0.39 is 22.7 Å². The predicted molar refractivity (Wildman–Crippen MR) is 75.5 cm³/mol. The molecule has 102 valence electrons. The lowest BCUT2D eigenvalue weighted by Gasteiger charge is -2.14. The van der Waals surface area contributed by atoms with Crippen LogP contribution in [-0.4, -0.2) is 35.2 Å². The van der Waals surface area contributed by atoms with Gasteiger partial charge in [0.25, 0.3) is 0 Å². The summed E-state index contributed by atoms with van der Waals surface area (Å²) in [5.74, 6) is -2.35. The Hall–Kier alpha value is -1.66. The van der Waals surface area contributed by atoms with E-state index in [4.69, 9.17) is 0 Å². The minimum absolute atomic E-state index is 0.465. The Morgan fingerprint density at radius 2 is 1.74 bits per heavy atom. The number of hydrogen-bond donors (Lipinski definition) is 1. The number of Topliss-reactive ketones (excluding diaryl/α,β-unsaturated/α-hetero) is 1. The van der Waals surface area contributed by atoms with Gasteiger partial charge in [0.05, 0.1) is 0 Å². The third-order valence-electron chi connectivity index (χ3n) is 2.22. The first kappa shape index (κ1) is 15.4. The molecule has 0 heterocycles. The van der Waals surface area contributed by atoms with Crippen molar-refractivity contribution in [1.82, 2.24) is 4.31 Å². The second-order valence-corrected chi connectivity index (χ2v) is 5.44. The van der Waals surface area contributed by atoms with Gasteiger partial charge in [-0.25, -0.2) is 0 Å². The van der Waals surface area contributed by atoms with Gasteiger partial charge in [-0.2, -0.15) is 0 Å². The summed E-state index contributed by atoms with van der Waals surface area (Å²) in [4.78, 5) is 35.3. The molecule has 1 unspecified atom stereocenters. The van der Waals surface area contributed by atoms with Gasteiger partial charge in [-0.1, -0.05) is 18.2 Å². The number of para-hydroxylation sites is 1. The lowest BCUT2D eigenvalue weighted by molar-refractivity contribution is -0.134. The molecule has 0 aliphatic heterocycles. The zero-order chi connectivity index (χ0) is 14.4. The number of nitrogens with zero attached hydrogens (tertiary/aromatic N) is 1. The molecular formula is C13H16N2O3S. The molecular weight excluding hydrogens is 264 g/mol. The van der Waals surface area contributed by atoms with E-state index in [1.165, 1.54) is 6.92 Å². The van der Waals surface area contributed by atoms with Gasteiger partial charge in [-0.3, -0.25) is 18.7 Å². The lowest BCUT2D eigenvalue weighted by atomic mass is 10.1. The molecule has 0 fully saturated rings. The molecule has 0 saturated heterocycles. The van der Waals surface area contributed by atoms with E-state index in [2.05, 4.69) is 5.32 Å². The quantitative estimate of drug-likeness (QED) is 0.655. The van der Waals surface area contributed by atoms with Crippen molar-refractivity contribution in [3.8, 4) is 0 Å². The van der Waals surface area contributed by atoms with Gasteiger partial charge >= 0.3 is 0 Å². The molecule has 6 heteroatoms. The summed E-state index contributed by atoms with van der Waals surface area (Å²) in [6, 6.07) is 8.71. The first-order chi connectivity index (χ1) is 8.91. The van der Waals surface area contributed by atoms with Crippen LogP contribution < -0.4 is 5.32 Å². The van der Waals surface area contributed by atoms with Crippen molar-refractivity contribution in [3.05, 3.63) is 30.3 Å². The molecule has 0 aliphatic carbocycles. The summed E-state index contributed by atoms with van der Waals surface area (Å²) in [6.07, 6.45) is 0. The minimum Gasteiger partial charge on any atom is -0.325 e. The third-order valence-corrected chi connectivity index (χ3v) is 3.00. The standard InChI is InChI=1S/C13H16N2O3S/c1-9(16)11(13(18)19-15(2)3)12(17)14-10-7-5-4-6-8-10/h4-8,11H,1-3H3,(H,14,17). The fraction of sp³-hybridized carbons (Fsp3) is 0.308. The molecule has 5 nitrogen and oxygen atoms in total. The van der Waals surface area contributed by atoms with Crippen LogP contribution in [-0.2, 0) is 14.4 Å². The maximum Gasteiger partial charge on any atom is 0.243 e. The van der Waals surface area contributed by atoms with Gasteiger partial charge in [0.15, 0.2) is 11.7 Å². The zero-order valence-corrected chi connectivity index (χ0v) is 11.9. The van der Waals surface area contributed by atoms with Gasteiger partial charge in [0, 0.05) is 5.69 Å². The predicted octanol–water partition coefficient (Wildman–Crippen LogP) is 1.57. The first-order valence-electron chi connectivity index (χ1n) is 5.67. The van der Waals surface area contributed by atoms with Crippen molar-refractivity contribution in [3.63, 3.8) is 0 Å². The molecule has 0 spiro atoms. The molecule has 19 heavy (non-hydrogen) atoms. The summed E-state index contributed by atoms with van der Waals surface area (Å²) in [5.41, 5.74) is 0.557. The van der Waals surface area contributed by atoms with Crippen molar-refractivity contribution in [2.24, 2.45) is 5.92 Å². The van der Waals surface area contributed by atoms with Gasteiger partial charge in [-0.05, 0) is 45.1 Å². The molecule has 1 rings (SSSR count). The highest BCUT2D eigenvalue weighted by molar-refractivity contribution is 8.11. The molecule has 0 aromatic heterocycles. The average molecular weight is 280 g/mol. The Balaban J connectivity index is 2.79. The molecule has 1 aromatic rings. The number of ketones is 1. The number of rotatable bonds is 5. The Labute approximate surface area is 116 Å². The summed E-state index contributed by atoms with van der Waals surface area (Å²) >= 11 is 0.843. The maximum absolute atomic E-state index is 12.0. The third kappa shape index (κ3) is 4.84. The van der Waals surface area contributed by atoms with Gasteiger partial charge in [0.1, 0.15) is 0 Å². The van der Waals surface area contributed by atoms with Gasteiger partial charge in [-0.15, -0.1) is 0 Å². The monoisotopic (exact) mass is 280 g/mol. The van der Waals surface area contributed by atoms with E-state index >= 15 is 0 Å². The number of anilines is 1. The maximum atomic E-state index is 12.0. The van der Waals surface area contributed by atoms with Crippen molar-refractivity contribution in [2.75, 3.05) is 19.4 Å². The lowest BCUT2D eigenvalue weighted by Crippen LogP contribution is -2.34. The molecule has 0 bridgehead atoms. The number of carbonyl (C=O) groups excluding carboxylic acids is 3. The van der Waals surface area contributed by atoms with Crippen LogP contribution in [0.4, 0.5) is 5.69 Å². The molecule has 1 atom stereocenters. The second-order valence-electron chi connectivity index (χ2n) is 4.12. The number of hydrogen-bond acceptors (Lipinski definition) is 5. The fourth-order valence-corrected chi connectivity index (χ4v) is 2.16. The van der Waals surface area contributed by atoms with Crippen LogP contribution in [0.3, 0.4) is 0 Å². The Bertz CT molecular complexity index is 474. The van der Waals surface area contributed by atoms with Crippen LogP contribution in [0.5, 0.6) is 0 Å². The van der Waals surface area contributed by atoms with Crippen molar-refractivity contribution >= 4 is 34.4 Å². The number of nitrogens with one attached hydrogen (secondary N) is 1. The molecule has 0 aliphatic rings. The highest BCUT2D eigenvalue weighted by Gasteiger charge is 2.32. The zero-order valence-electron chi connectivity index (χ0n) is 11.0. The second kappa shape index (κ2) is 7.06. The van der Waals surface area contributed by atoms with Crippen LogP contribution in [0.25, 0.3) is 0 Å². The summed E-state index contributed by atoms with van der Waals surface area (Å²) in [5, 5.41) is 2.08. The van der Waals surface area contributed by atoms with Crippen molar-refractivity contribution in [1.29, 1.82) is 0 Å². The molecule has 0 radical (unpaired) electrons. The molecule has 1 aromatic carbocycles. The summed E-state index contributed by atoms with van der Waals surface area (Å²) in [6.45, 7) is 1.24.